The Balaban J connectivity index is 2.58. The lowest BCUT2D eigenvalue weighted by atomic mass is 10.1. The molecule has 1 N–H and O–H groups in total. The van der Waals surface area contributed by atoms with Crippen LogP contribution in [0.15, 0.2) is 12.1 Å². The normalized spacial score (nSPS) is 12.5. The Morgan fingerprint density at radius 2 is 1.96 bits per heavy atom. The van der Waals surface area contributed by atoms with Crippen molar-refractivity contribution >= 4 is 15.9 Å². The van der Waals surface area contributed by atoms with Gasteiger partial charge in [-0.25, -0.2) is 17.7 Å². The van der Waals surface area contributed by atoms with Gasteiger partial charge in [0.1, 0.15) is 5.69 Å². The molecule has 1 aromatic rings. The van der Waals surface area contributed by atoms with Crippen molar-refractivity contribution < 1.29 is 26.4 Å². The summed E-state index contributed by atoms with van der Waals surface area (Å²) in [5.74, 6) is -0.554. The molecule has 0 aliphatic rings. The van der Waals surface area contributed by atoms with Crippen molar-refractivity contribution in [3.8, 4) is 0 Å². The Hall–Kier alpha value is -1.68. The SMILES string of the molecule is CCS(=O)(=O)N(C)CCCNC(=O)c1ccc(C(F)(F)F)nc1C. The van der Waals surface area contributed by atoms with Crippen molar-refractivity contribution in [2.24, 2.45) is 0 Å². The van der Waals surface area contributed by atoms with Crippen molar-refractivity contribution in [1.82, 2.24) is 14.6 Å². The van der Waals surface area contributed by atoms with Crippen LogP contribution in [0.5, 0.6) is 0 Å². The molecule has 0 radical (unpaired) electrons. The Morgan fingerprint density at radius 3 is 2.46 bits per heavy atom. The fourth-order valence-corrected chi connectivity index (χ4v) is 2.77. The quantitative estimate of drug-likeness (QED) is 0.746. The molecule has 0 atom stereocenters. The molecule has 1 rings (SSSR count). The molecule has 24 heavy (non-hydrogen) atoms. The standard InChI is InChI=1S/C14H20F3N3O3S/c1-4-24(22,23)20(3)9-5-8-18-13(21)11-6-7-12(14(15,16)17)19-10(11)2/h6-7H,4-5,8-9H2,1-3H3,(H,18,21). The van der Waals surface area contributed by atoms with Crippen molar-refractivity contribution in [3.05, 3.63) is 29.1 Å². The zero-order valence-electron chi connectivity index (χ0n) is 13.6. The smallest absolute Gasteiger partial charge is 0.352 e. The van der Waals surface area contributed by atoms with E-state index in [1.807, 2.05) is 0 Å². The summed E-state index contributed by atoms with van der Waals surface area (Å²) in [4.78, 5) is 15.4. The van der Waals surface area contributed by atoms with Crippen LogP contribution in [0.25, 0.3) is 0 Å². The number of aromatic nitrogens is 1. The summed E-state index contributed by atoms with van der Waals surface area (Å²) in [6, 6.07) is 1.83. The van der Waals surface area contributed by atoms with Crippen LogP contribution in [0.1, 0.15) is 35.1 Å². The maximum absolute atomic E-state index is 12.5. The van der Waals surface area contributed by atoms with Gasteiger partial charge in [-0.2, -0.15) is 13.2 Å². The number of alkyl halides is 3. The Morgan fingerprint density at radius 1 is 1.33 bits per heavy atom. The van der Waals surface area contributed by atoms with Gasteiger partial charge in [-0.15, -0.1) is 0 Å². The molecule has 0 aliphatic carbocycles. The van der Waals surface area contributed by atoms with Crippen molar-refractivity contribution in [1.29, 1.82) is 0 Å². The summed E-state index contributed by atoms with van der Waals surface area (Å²) >= 11 is 0. The third-order valence-electron chi connectivity index (χ3n) is 3.40. The maximum Gasteiger partial charge on any atom is 0.433 e. The number of hydrogen-bond acceptors (Lipinski definition) is 4. The second-order valence-electron chi connectivity index (χ2n) is 5.16. The minimum atomic E-state index is -4.56. The number of aryl methyl sites for hydroxylation is 1. The van der Waals surface area contributed by atoms with Crippen molar-refractivity contribution in [2.45, 2.75) is 26.4 Å². The lowest BCUT2D eigenvalue weighted by Gasteiger charge is -2.16. The Labute approximate surface area is 139 Å². The van der Waals surface area contributed by atoms with E-state index in [0.29, 0.717) is 6.42 Å². The van der Waals surface area contributed by atoms with Gasteiger partial charge in [0.15, 0.2) is 0 Å². The number of rotatable bonds is 7. The molecule has 10 heteroatoms. The zero-order valence-corrected chi connectivity index (χ0v) is 14.5. The highest BCUT2D eigenvalue weighted by atomic mass is 32.2. The number of nitrogens with one attached hydrogen (secondary N) is 1. The zero-order chi connectivity index (χ0) is 18.5. The summed E-state index contributed by atoms with van der Waals surface area (Å²) < 4.78 is 61.9. The number of pyridine rings is 1. The van der Waals surface area contributed by atoms with E-state index in [4.69, 9.17) is 0 Å². The summed E-state index contributed by atoms with van der Waals surface area (Å²) in [5, 5.41) is 2.54. The van der Waals surface area contributed by atoms with Gasteiger partial charge in [0.05, 0.1) is 17.0 Å². The molecule has 1 aromatic heterocycles. The first-order valence-electron chi connectivity index (χ1n) is 7.26. The summed E-state index contributed by atoms with van der Waals surface area (Å²) in [6.07, 6.45) is -4.18. The molecule has 0 aliphatic heterocycles. The molecule has 0 fully saturated rings. The molecule has 0 bridgehead atoms. The average molecular weight is 367 g/mol. The highest BCUT2D eigenvalue weighted by molar-refractivity contribution is 7.89. The number of amides is 1. The first kappa shape index (κ1) is 20.4. The molecule has 0 unspecified atom stereocenters. The van der Waals surface area contributed by atoms with Gasteiger partial charge in [0.25, 0.3) is 5.91 Å². The minimum Gasteiger partial charge on any atom is -0.352 e. The van der Waals surface area contributed by atoms with Gasteiger partial charge < -0.3 is 5.32 Å². The van der Waals surface area contributed by atoms with E-state index in [1.165, 1.54) is 25.2 Å². The van der Waals surface area contributed by atoms with Crippen LogP contribution in [0.2, 0.25) is 0 Å². The topological polar surface area (TPSA) is 79.4 Å². The predicted octanol–water partition coefficient (Wildman–Crippen LogP) is 1.81. The van der Waals surface area contributed by atoms with E-state index in [-0.39, 0.29) is 30.1 Å². The fraction of sp³-hybridized carbons (Fsp3) is 0.571. The molecule has 0 aromatic carbocycles. The molecular weight excluding hydrogens is 347 g/mol. The Kier molecular flexibility index (Phi) is 6.73. The third kappa shape index (κ3) is 5.45. The van der Waals surface area contributed by atoms with E-state index in [2.05, 4.69) is 10.3 Å². The molecule has 0 saturated heterocycles. The van der Waals surface area contributed by atoms with Gasteiger partial charge in [-0.1, -0.05) is 0 Å². The Bertz CT molecular complexity index is 690. The van der Waals surface area contributed by atoms with Crippen LogP contribution < -0.4 is 5.32 Å². The van der Waals surface area contributed by atoms with E-state index >= 15 is 0 Å². The van der Waals surface area contributed by atoms with Crippen LogP contribution in [-0.2, 0) is 16.2 Å². The molecule has 0 saturated carbocycles. The van der Waals surface area contributed by atoms with Crippen molar-refractivity contribution in [2.75, 3.05) is 25.9 Å². The third-order valence-corrected chi connectivity index (χ3v) is 5.26. The van der Waals surface area contributed by atoms with Crippen LogP contribution in [0.3, 0.4) is 0 Å². The summed E-state index contributed by atoms with van der Waals surface area (Å²) in [5.41, 5.74) is -1.02. The molecule has 1 amide bonds. The second-order valence-corrected chi connectivity index (χ2v) is 7.52. The maximum atomic E-state index is 12.5. The molecule has 136 valence electrons. The van der Waals surface area contributed by atoms with Crippen LogP contribution in [-0.4, -0.2) is 49.5 Å². The van der Waals surface area contributed by atoms with Gasteiger partial charge in [-0.3, -0.25) is 4.79 Å². The lowest BCUT2D eigenvalue weighted by Crippen LogP contribution is -2.32. The van der Waals surface area contributed by atoms with Crippen molar-refractivity contribution in [3.63, 3.8) is 0 Å². The highest BCUT2D eigenvalue weighted by Crippen LogP contribution is 2.28. The largest absolute Gasteiger partial charge is 0.433 e. The minimum absolute atomic E-state index is 0.00766. The number of carbonyl (C=O) groups is 1. The number of sulfonamides is 1. The van der Waals surface area contributed by atoms with E-state index in [0.717, 1.165) is 12.1 Å². The second kappa shape index (κ2) is 7.93. The fourth-order valence-electron chi connectivity index (χ4n) is 1.92. The number of nitrogens with zero attached hydrogens (tertiary/aromatic N) is 2. The number of carbonyl (C=O) groups excluding carboxylic acids is 1. The monoisotopic (exact) mass is 367 g/mol. The van der Waals surface area contributed by atoms with Gasteiger partial charge in [0.2, 0.25) is 10.0 Å². The first-order chi connectivity index (χ1) is 11.0. The van der Waals surface area contributed by atoms with E-state index < -0.39 is 27.8 Å². The van der Waals surface area contributed by atoms with Crippen LogP contribution in [0.4, 0.5) is 13.2 Å². The number of hydrogen-bond donors (Lipinski definition) is 1. The van der Waals surface area contributed by atoms with Crippen LogP contribution in [0, 0.1) is 6.92 Å². The van der Waals surface area contributed by atoms with Gasteiger partial charge in [0, 0.05) is 20.1 Å². The van der Waals surface area contributed by atoms with E-state index in [1.54, 1.807) is 0 Å². The summed E-state index contributed by atoms with van der Waals surface area (Å²) in [6.45, 7) is 3.29. The molecular formula is C14H20F3N3O3S. The predicted molar refractivity (Wildman–Crippen MR) is 83.0 cm³/mol. The first-order valence-corrected chi connectivity index (χ1v) is 8.87. The molecule has 1 heterocycles. The molecule has 0 spiro atoms. The van der Waals surface area contributed by atoms with Crippen LogP contribution >= 0.6 is 0 Å². The number of halogens is 3. The lowest BCUT2D eigenvalue weighted by molar-refractivity contribution is -0.141. The highest BCUT2D eigenvalue weighted by Gasteiger charge is 2.33. The van der Waals surface area contributed by atoms with E-state index in [9.17, 15) is 26.4 Å². The van der Waals surface area contributed by atoms with Gasteiger partial charge in [-0.05, 0) is 32.4 Å². The molecule has 6 nitrogen and oxygen atoms in total. The summed E-state index contributed by atoms with van der Waals surface area (Å²) in [7, 11) is -1.82. The van der Waals surface area contributed by atoms with Gasteiger partial charge >= 0.3 is 6.18 Å². The average Bonchev–Trinajstić information content (AvgIpc) is 2.49.